The minimum atomic E-state index is -0.0426. The van der Waals surface area contributed by atoms with Gasteiger partial charge in [0.2, 0.25) is 0 Å². The summed E-state index contributed by atoms with van der Waals surface area (Å²) >= 11 is 0. The van der Waals surface area contributed by atoms with Gasteiger partial charge in [0.25, 0.3) is 5.91 Å². The molecule has 2 atom stereocenters. The Morgan fingerprint density at radius 3 is 2.90 bits per heavy atom. The molecule has 0 spiro atoms. The molecule has 1 aliphatic rings. The van der Waals surface area contributed by atoms with Crippen LogP contribution in [0.4, 0.5) is 0 Å². The van der Waals surface area contributed by atoms with E-state index >= 15 is 0 Å². The van der Waals surface area contributed by atoms with Crippen LogP contribution in [0.25, 0.3) is 0 Å². The van der Waals surface area contributed by atoms with E-state index < -0.39 is 0 Å². The number of pyridine rings is 1. The molecule has 1 aliphatic heterocycles. The zero-order valence-electron chi connectivity index (χ0n) is 13.1. The highest BCUT2D eigenvalue weighted by Gasteiger charge is 2.26. The molecule has 1 aromatic heterocycles. The van der Waals surface area contributed by atoms with Crippen LogP contribution in [-0.4, -0.2) is 55.2 Å². The minimum absolute atomic E-state index is 0.0426. The lowest BCUT2D eigenvalue weighted by molar-refractivity contribution is 0.0312. The molecule has 1 N–H and O–H groups in total. The van der Waals surface area contributed by atoms with Crippen molar-refractivity contribution < 1.29 is 9.53 Å². The smallest absolute Gasteiger partial charge is 0.251 e. The zero-order valence-corrected chi connectivity index (χ0v) is 13.1. The number of amides is 1. The van der Waals surface area contributed by atoms with Gasteiger partial charge in [-0.15, -0.1) is 0 Å². The number of hydrogen-bond donors (Lipinski definition) is 1. The van der Waals surface area contributed by atoms with Gasteiger partial charge in [-0.1, -0.05) is 0 Å². The fourth-order valence-electron chi connectivity index (χ4n) is 2.70. The highest BCUT2D eigenvalue weighted by molar-refractivity contribution is 5.94. The molecule has 5 nitrogen and oxygen atoms in total. The SMILES string of the molecule is CCNC(=O)c1ccnc(C[C@@H]2CC[C@H](CN(C)C)O2)c1. The van der Waals surface area contributed by atoms with E-state index in [4.69, 9.17) is 4.74 Å². The van der Waals surface area contributed by atoms with Crippen molar-refractivity contribution in [3.05, 3.63) is 29.6 Å². The van der Waals surface area contributed by atoms with E-state index in [0.717, 1.165) is 31.5 Å². The summed E-state index contributed by atoms with van der Waals surface area (Å²) in [6.07, 6.45) is 5.16. The molecule has 0 aromatic carbocycles. The van der Waals surface area contributed by atoms with Crippen LogP contribution >= 0.6 is 0 Å². The number of ether oxygens (including phenoxy) is 1. The summed E-state index contributed by atoms with van der Waals surface area (Å²) in [4.78, 5) is 18.3. The maximum atomic E-state index is 11.8. The number of nitrogens with one attached hydrogen (secondary N) is 1. The second-order valence-corrected chi connectivity index (χ2v) is 5.82. The van der Waals surface area contributed by atoms with Gasteiger partial charge in [0.1, 0.15) is 0 Å². The van der Waals surface area contributed by atoms with Crippen LogP contribution in [-0.2, 0) is 11.2 Å². The van der Waals surface area contributed by atoms with Crippen molar-refractivity contribution >= 4 is 5.91 Å². The van der Waals surface area contributed by atoms with Gasteiger partial charge in [0, 0.05) is 37.0 Å². The molecule has 2 rings (SSSR count). The Bertz CT molecular complexity index is 476. The number of likely N-dealkylation sites (N-methyl/N-ethyl adjacent to an activating group) is 1. The van der Waals surface area contributed by atoms with Gasteiger partial charge < -0.3 is 15.0 Å². The quantitative estimate of drug-likeness (QED) is 0.862. The second kappa shape index (κ2) is 7.52. The van der Waals surface area contributed by atoms with Crippen LogP contribution in [0.1, 0.15) is 35.8 Å². The number of carbonyl (C=O) groups is 1. The molecule has 2 heterocycles. The molecule has 0 radical (unpaired) electrons. The van der Waals surface area contributed by atoms with E-state index in [1.807, 2.05) is 13.0 Å². The van der Waals surface area contributed by atoms with Crippen molar-refractivity contribution in [3.8, 4) is 0 Å². The lowest BCUT2D eigenvalue weighted by Crippen LogP contribution is -2.26. The summed E-state index contributed by atoms with van der Waals surface area (Å²) in [5.41, 5.74) is 1.60. The summed E-state index contributed by atoms with van der Waals surface area (Å²) in [6.45, 7) is 3.51. The topological polar surface area (TPSA) is 54.5 Å². The molecule has 5 heteroatoms. The van der Waals surface area contributed by atoms with Crippen molar-refractivity contribution in [1.82, 2.24) is 15.2 Å². The van der Waals surface area contributed by atoms with E-state index in [1.165, 1.54) is 0 Å². The third kappa shape index (κ3) is 4.79. The van der Waals surface area contributed by atoms with Crippen molar-refractivity contribution in [3.63, 3.8) is 0 Å². The highest BCUT2D eigenvalue weighted by Crippen LogP contribution is 2.23. The Labute approximate surface area is 126 Å². The van der Waals surface area contributed by atoms with Crippen LogP contribution in [0.2, 0.25) is 0 Å². The summed E-state index contributed by atoms with van der Waals surface area (Å²) in [5.74, 6) is -0.0426. The largest absolute Gasteiger partial charge is 0.373 e. The van der Waals surface area contributed by atoms with Gasteiger partial charge in [-0.2, -0.15) is 0 Å². The molecule has 1 amide bonds. The summed E-state index contributed by atoms with van der Waals surface area (Å²) in [7, 11) is 4.13. The maximum absolute atomic E-state index is 11.8. The Balaban J connectivity index is 1.92. The summed E-state index contributed by atoms with van der Waals surface area (Å²) in [6, 6.07) is 3.62. The molecule has 116 valence electrons. The summed E-state index contributed by atoms with van der Waals surface area (Å²) < 4.78 is 6.04. The molecule has 0 unspecified atom stereocenters. The third-order valence-corrected chi connectivity index (χ3v) is 3.62. The highest BCUT2D eigenvalue weighted by atomic mass is 16.5. The average molecular weight is 291 g/mol. The fraction of sp³-hybridized carbons (Fsp3) is 0.625. The predicted molar refractivity (Wildman–Crippen MR) is 82.4 cm³/mol. The standard InChI is InChI=1S/C16H25N3O2/c1-4-17-16(20)12-7-8-18-13(9-12)10-14-5-6-15(21-14)11-19(2)3/h7-9,14-15H,4-6,10-11H2,1-3H3,(H,17,20)/t14-,15+/m0/s1. The Hall–Kier alpha value is -1.46. The number of hydrogen-bond acceptors (Lipinski definition) is 4. The van der Waals surface area contributed by atoms with Gasteiger partial charge in [0.15, 0.2) is 0 Å². The number of nitrogens with zero attached hydrogens (tertiary/aromatic N) is 2. The molecular weight excluding hydrogens is 266 g/mol. The predicted octanol–water partition coefficient (Wildman–Crippen LogP) is 1.48. The Morgan fingerprint density at radius 1 is 1.43 bits per heavy atom. The van der Waals surface area contributed by atoms with Gasteiger partial charge in [0.05, 0.1) is 12.2 Å². The number of carbonyl (C=O) groups excluding carboxylic acids is 1. The van der Waals surface area contributed by atoms with Crippen LogP contribution in [0, 0.1) is 0 Å². The van der Waals surface area contributed by atoms with Gasteiger partial charge in [-0.05, 0) is 46.0 Å². The first-order valence-electron chi connectivity index (χ1n) is 7.61. The van der Waals surface area contributed by atoms with E-state index in [1.54, 1.807) is 12.3 Å². The lowest BCUT2D eigenvalue weighted by atomic mass is 10.1. The van der Waals surface area contributed by atoms with Crippen LogP contribution in [0.5, 0.6) is 0 Å². The lowest BCUT2D eigenvalue weighted by Gasteiger charge is -2.17. The molecule has 1 aromatic rings. The molecule has 1 saturated heterocycles. The number of rotatable bonds is 6. The monoisotopic (exact) mass is 291 g/mol. The fourth-order valence-corrected chi connectivity index (χ4v) is 2.70. The Morgan fingerprint density at radius 2 is 2.19 bits per heavy atom. The summed E-state index contributed by atoms with van der Waals surface area (Å²) in [5, 5.41) is 2.81. The molecule has 21 heavy (non-hydrogen) atoms. The van der Waals surface area contributed by atoms with Gasteiger partial charge >= 0.3 is 0 Å². The van der Waals surface area contributed by atoms with Crippen LogP contribution in [0.15, 0.2) is 18.3 Å². The Kier molecular flexibility index (Phi) is 5.70. The third-order valence-electron chi connectivity index (χ3n) is 3.62. The molecule has 1 fully saturated rings. The molecule has 0 saturated carbocycles. The van der Waals surface area contributed by atoms with Crippen molar-refractivity contribution in [2.24, 2.45) is 0 Å². The van der Waals surface area contributed by atoms with E-state index in [0.29, 0.717) is 18.2 Å². The normalized spacial score (nSPS) is 21.7. The van der Waals surface area contributed by atoms with Gasteiger partial charge in [-0.25, -0.2) is 0 Å². The average Bonchev–Trinajstić information content (AvgIpc) is 2.85. The van der Waals surface area contributed by atoms with Gasteiger partial charge in [-0.3, -0.25) is 9.78 Å². The first-order valence-corrected chi connectivity index (χ1v) is 7.61. The number of aromatic nitrogens is 1. The minimum Gasteiger partial charge on any atom is -0.373 e. The molecular formula is C16H25N3O2. The molecule has 0 bridgehead atoms. The molecule has 0 aliphatic carbocycles. The van der Waals surface area contributed by atoms with Crippen molar-refractivity contribution in [1.29, 1.82) is 0 Å². The maximum Gasteiger partial charge on any atom is 0.251 e. The first-order chi connectivity index (χ1) is 10.1. The van der Waals surface area contributed by atoms with Crippen LogP contribution < -0.4 is 5.32 Å². The second-order valence-electron chi connectivity index (χ2n) is 5.82. The van der Waals surface area contributed by atoms with E-state index in [2.05, 4.69) is 29.3 Å². The first kappa shape index (κ1) is 15.9. The zero-order chi connectivity index (χ0) is 15.2. The van der Waals surface area contributed by atoms with Crippen molar-refractivity contribution in [2.75, 3.05) is 27.2 Å². The van der Waals surface area contributed by atoms with E-state index in [9.17, 15) is 4.79 Å². The van der Waals surface area contributed by atoms with Crippen molar-refractivity contribution in [2.45, 2.75) is 38.4 Å². The van der Waals surface area contributed by atoms with E-state index in [-0.39, 0.29) is 12.0 Å². The van der Waals surface area contributed by atoms with Crippen LogP contribution in [0.3, 0.4) is 0 Å².